The molecule has 2 aromatic carbocycles. The highest BCUT2D eigenvalue weighted by Crippen LogP contribution is 2.67. The molecule has 1 unspecified atom stereocenters. The molecule has 0 bridgehead atoms. The summed E-state index contributed by atoms with van der Waals surface area (Å²) in [6.07, 6.45) is -2.69. The van der Waals surface area contributed by atoms with Gasteiger partial charge in [-0.3, -0.25) is 4.57 Å². The van der Waals surface area contributed by atoms with Crippen LogP contribution in [0, 0.1) is 0 Å². The van der Waals surface area contributed by atoms with Gasteiger partial charge in [0, 0.05) is 17.2 Å². The minimum atomic E-state index is -4.57. The lowest BCUT2D eigenvalue weighted by atomic mass is 9.93. The average Bonchev–Trinajstić information content (AvgIpc) is 3.28. The number of methoxy groups -OCH3 is 1. The maximum atomic E-state index is 14.1. The van der Waals surface area contributed by atoms with Crippen LogP contribution in [-0.4, -0.2) is 48.7 Å². The molecule has 0 spiro atoms. The van der Waals surface area contributed by atoms with Crippen LogP contribution in [0.25, 0.3) is 0 Å². The van der Waals surface area contributed by atoms with Crippen molar-refractivity contribution in [2.75, 3.05) is 26.9 Å². The van der Waals surface area contributed by atoms with Crippen molar-refractivity contribution in [3.8, 4) is 11.5 Å². The number of alkyl halides is 3. The van der Waals surface area contributed by atoms with Crippen LogP contribution in [0.3, 0.4) is 0 Å². The first-order chi connectivity index (χ1) is 19.4. The first kappa shape index (κ1) is 34.0. The van der Waals surface area contributed by atoms with Crippen molar-refractivity contribution in [1.29, 1.82) is 0 Å². The van der Waals surface area contributed by atoms with Gasteiger partial charge in [0.15, 0.2) is 5.90 Å². The summed E-state index contributed by atoms with van der Waals surface area (Å²) in [5.41, 5.74) is -0.124. The van der Waals surface area contributed by atoms with Crippen LogP contribution in [0.2, 0.25) is 0 Å². The molecule has 0 amide bonds. The van der Waals surface area contributed by atoms with Crippen LogP contribution in [0.5, 0.6) is 11.5 Å². The fourth-order valence-electron chi connectivity index (χ4n) is 5.26. The van der Waals surface area contributed by atoms with Gasteiger partial charge in [-0.15, -0.1) is 0 Å². The van der Waals surface area contributed by atoms with E-state index in [0.29, 0.717) is 37.1 Å². The van der Waals surface area contributed by atoms with Gasteiger partial charge in [-0.1, -0.05) is 59.7 Å². The summed E-state index contributed by atoms with van der Waals surface area (Å²) in [5.74, 6) is 1.03. The molecular formula is C32H45F3NO5P. The third-order valence-corrected chi connectivity index (χ3v) is 11.5. The molecule has 234 valence electrons. The lowest BCUT2D eigenvalue weighted by Crippen LogP contribution is -2.38. The van der Waals surface area contributed by atoms with Crippen LogP contribution < -0.4 is 9.47 Å². The fourth-order valence-corrected chi connectivity index (χ4v) is 8.47. The molecule has 3 rings (SSSR count). The topological polar surface area (TPSA) is 66.4 Å². The maximum Gasteiger partial charge on any atom is 0.419 e. The van der Waals surface area contributed by atoms with Crippen LogP contribution >= 0.6 is 7.37 Å². The van der Waals surface area contributed by atoms with Crippen LogP contribution in [0.4, 0.5) is 13.2 Å². The van der Waals surface area contributed by atoms with E-state index in [4.69, 9.17) is 18.7 Å². The van der Waals surface area contributed by atoms with Crippen LogP contribution in [0.1, 0.15) is 78.0 Å². The Labute approximate surface area is 248 Å². The monoisotopic (exact) mass is 611 g/mol. The SMILES string of the molecule is COc1cccc(CCCOc2ccc(CCC3(COP(=O)(C(C)(C)C)C(C)(C)C)COC(C)=N3)cc2C(F)(F)F)c1. The third kappa shape index (κ3) is 8.31. The van der Waals surface area contributed by atoms with Gasteiger partial charge in [0.25, 0.3) is 0 Å². The Bertz CT molecular complexity index is 1280. The second-order valence-corrected chi connectivity index (χ2v) is 17.0. The first-order valence-corrected chi connectivity index (χ1v) is 15.9. The van der Waals surface area contributed by atoms with Gasteiger partial charge in [0.2, 0.25) is 7.37 Å². The van der Waals surface area contributed by atoms with Crippen molar-refractivity contribution >= 4 is 13.3 Å². The summed E-state index contributed by atoms with van der Waals surface area (Å²) in [7, 11) is -1.58. The van der Waals surface area contributed by atoms with E-state index in [-0.39, 0.29) is 25.6 Å². The molecule has 0 saturated heterocycles. The third-order valence-electron chi connectivity index (χ3n) is 7.46. The Kier molecular flexibility index (Phi) is 10.5. The number of aryl methyl sites for hydroxylation is 2. The molecule has 6 nitrogen and oxygen atoms in total. The lowest BCUT2D eigenvalue weighted by Gasteiger charge is -2.41. The number of aliphatic imine (C=N–C) groups is 1. The summed E-state index contributed by atoms with van der Waals surface area (Å²) < 4.78 is 78.9. The van der Waals surface area contributed by atoms with Gasteiger partial charge in [0.1, 0.15) is 23.6 Å². The molecule has 1 aliphatic rings. The fraction of sp³-hybridized carbons (Fsp3) is 0.594. The van der Waals surface area contributed by atoms with Gasteiger partial charge < -0.3 is 18.7 Å². The lowest BCUT2D eigenvalue weighted by molar-refractivity contribution is -0.139. The van der Waals surface area contributed by atoms with Crippen molar-refractivity contribution in [3.05, 3.63) is 59.2 Å². The Morgan fingerprint density at radius 1 is 0.976 bits per heavy atom. The van der Waals surface area contributed by atoms with E-state index >= 15 is 0 Å². The van der Waals surface area contributed by atoms with Crippen LogP contribution in [-0.2, 0) is 32.8 Å². The van der Waals surface area contributed by atoms with Crippen molar-refractivity contribution in [3.63, 3.8) is 0 Å². The molecule has 42 heavy (non-hydrogen) atoms. The number of hydrogen-bond donors (Lipinski definition) is 0. The summed E-state index contributed by atoms with van der Waals surface area (Å²) in [6.45, 7) is 13.5. The molecule has 0 N–H and O–H groups in total. The molecule has 2 aromatic rings. The van der Waals surface area contributed by atoms with Gasteiger partial charge in [-0.2, -0.15) is 13.2 Å². The summed E-state index contributed by atoms with van der Waals surface area (Å²) in [6, 6.07) is 11.8. The average molecular weight is 612 g/mol. The Hall–Kier alpha value is -2.51. The number of rotatable bonds is 12. The minimum absolute atomic E-state index is 0.0524. The van der Waals surface area contributed by atoms with Crippen molar-refractivity contribution in [1.82, 2.24) is 0 Å². The largest absolute Gasteiger partial charge is 0.497 e. The Morgan fingerprint density at radius 3 is 2.21 bits per heavy atom. The molecule has 0 radical (unpaired) electrons. The molecule has 0 fully saturated rings. The van der Waals surface area contributed by atoms with Gasteiger partial charge in [0.05, 0.1) is 25.9 Å². The summed E-state index contributed by atoms with van der Waals surface area (Å²) in [4.78, 5) is 4.67. The van der Waals surface area contributed by atoms with E-state index in [1.165, 1.54) is 6.07 Å². The molecule has 10 heteroatoms. The molecular weight excluding hydrogens is 566 g/mol. The van der Waals surface area contributed by atoms with Crippen molar-refractivity contribution in [2.45, 2.75) is 96.2 Å². The van der Waals surface area contributed by atoms with E-state index in [2.05, 4.69) is 4.99 Å². The highest BCUT2D eigenvalue weighted by molar-refractivity contribution is 7.62. The molecule has 1 aliphatic heterocycles. The van der Waals surface area contributed by atoms with Gasteiger partial charge >= 0.3 is 6.18 Å². The number of benzene rings is 2. The minimum Gasteiger partial charge on any atom is -0.497 e. The van der Waals surface area contributed by atoms with Crippen molar-refractivity contribution in [2.24, 2.45) is 4.99 Å². The Morgan fingerprint density at radius 2 is 1.64 bits per heavy atom. The van der Waals surface area contributed by atoms with E-state index in [1.54, 1.807) is 20.1 Å². The molecule has 0 aromatic heterocycles. The quantitative estimate of drug-likeness (QED) is 0.177. The zero-order chi connectivity index (χ0) is 31.4. The highest BCUT2D eigenvalue weighted by Gasteiger charge is 2.50. The normalized spacial score (nSPS) is 18.0. The second kappa shape index (κ2) is 13.0. The highest BCUT2D eigenvalue weighted by atomic mass is 31.2. The predicted octanol–water partition coefficient (Wildman–Crippen LogP) is 8.74. The zero-order valence-corrected chi connectivity index (χ0v) is 27.0. The number of hydrogen-bond acceptors (Lipinski definition) is 6. The van der Waals surface area contributed by atoms with E-state index in [9.17, 15) is 17.7 Å². The Balaban J connectivity index is 1.71. The van der Waals surface area contributed by atoms with E-state index in [1.807, 2.05) is 65.8 Å². The smallest absolute Gasteiger partial charge is 0.419 e. The standard InChI is InChI=1S/C32H45F3NO5P/c1-23-36-31(21-40-23,22-41-42(37,29(2,3)4)30(5,6)7)17-16-25-14-15-28(27(20-25)32(33,34)35)39-18-10-12-24-11-9-13-26(19-24)38-8/h9,11,13-15,19-20H,10,12,16-18,21-22H2,1-8H3. The molecule has 1 atom stereocenters. The van der Waals surface area contributed by atoms with Crippen molar-refractivity contribution < 1.29 is 36.5 Å². The predicted molar refractivity (Wildman–Crippen MR) is 161 cm³/mol. The molecule has 0 saturated carbocycles. The second-order valence-electron chi connectivity index (χ2n) is 12.9. The van der Waals surface area contributed by atoms with Gasteiger partial charge in [-0.05, 0) is 61.1 Å². The van der Waals surface area contributed by atoms with E-state index < -0.39 is 35.0 Å². The first-order valence-electron chi connectivity index (χ1n) is 14.3. The molecule has 1 heterocycles. The zero-order valence-electron chi connectivity index (χ0n) is 26.1. The van der Waals surface area contributed by atoms with Gasteiger partial charge in [-0.25, -0.2) is 4.99 Å². The maximum absolute atomic E-state index is 14.1. The molecule has 0 aliphatic carbocycles. The van der Waals surface area contributed by atoms with Crippen LogP contribution in [0.15, 0.2) is 47.5 Å². The van der Waals surface area contributed by atoms with E-state index in [0.717, 1.165) is 17.4 Å². The summed E-state index contributed by atoms with van der Waals surface area (Å²) in [5, 5.41) is -1.20. The number of ether oxygens (including phenoxy) is 3. The number of halogens is 3. The summed E-state index contributed by atoms with van der Waals surface area (Å²) >= 11 is 0. The number of nitrogens with zero attached hydrogens (tertiary/aromatic N) is 1.